The van der Waals surface area contributed by atoms with Crippen LogP contribution in [0.15, 0.2) is 29.2 Å². The summed E-state index contributed by atoms with van der Waals surface area (Å²) in [6, 6.07) is 5.41. The standard InChI is InChI=1S/C10H12N2O3S.ClH/c1-12-8-4-2-3-5-9(8)16(14,15)6-7(11)10(12)13;/h2-5,7H,6,11H2,1H3;1H/t7-;/m0./s1. The first kappa shape index (κ1) is 14.0. The minimum Gasteiger partial charge on any atom is -0.319 e. The van der Waals surface area contributed by atoms with Crippen LogP contribution in [0.1, 0.15) is 0 Å². The molecular weight excluding hydrogens is 264 g/mol. The highest BCUT2D eigenvalue weighted by molar-refractivity contribution is 7.91. The Balaban J connectivity index is 0.00000144. The lowest BCUT2D eigenvalue weighted by Gasteiger charge is -2.17. The minimum atomic E-state index is -3.48. The van der Waals surface area contributed by atoms with Crippen LogP contribution >= 0.6 is 12.4 Å². The van der Waals surface area contributed by atoms with E-state index in [4.69, 9.17) is 5.73 Å². The first-order valence-electron chi connectivity index (χ1n) is 4.78. The number of benzene rings is 1. The lowest BCUT2D eigenvalue weighted by Crippen LogP contribution is -2.43. The molecule has 0 saturated carbocycles. The smallest absolute Gasteiger partial charge is 0.244 e. The molecule has 17 heavy (non-hydrogen) atoms. The number of carbonyl (C=O) groups is 1. The van der Waals surface area contributed by atoms with Crippen LogP contribution in [0.5, 0.6) is 0 Å². The van der Waals surface area contributed by atoms with Gasteiger partial charge in [-0.3, -0.25) is 4.79 Å². The maximum Gasteiger partial charge on any atom is 0.244 e. The van der Waals surface area contributed by atoms with Crippen molar-refractivity contribution in [3.8, 4) is 0 Å². The second-order valence-corrected chi connectivity index (χ2v) is 5.76. The number of halogens is 1. The van der Waals surface area contributed by atoms with Gasteiger partial charge < -0.3 is 10.6 Å². The van der Waals surface area contributed by atoms with E-state index < -0.39 is 15.9 Å². The van der Waals surface area contributed by atoms with Crippen LogP contribution < -0.4 is 10.6 Å². The summed E-state index contributed by atoms with van der Waals surface area (Å²) < 4.78 is 23.9. The maximum atomic E-state index is 11.9. The first-order valence-corrected chi connectivity index (χ1v) is 6.43. The third kappa shape index (κ3) is 2.29. The Kier molecular flexibility index (Phi) is 3.81. The van der Waals surface area contributed by atoms with Crippen LogP contribution in [0.25, 0.3) is 0 Å². The molecule has 2 N–H and O–H groups in total. The third-order valence-electron chi connectivity index (χ3n) is 2.61. The number of hydrogen-bond acceptors (Lipinski definition) is 4. The van der Waals surface area contributed by atoms with Crippen LogP contribution in [-0.2, 0) is 14.6 Å². The van der Waals surface area contributed by atoms with E-state index in [9.17, 15) is 13.2 Å². The monoisotopic (exact) mass is 276 g/mol. The van der Waals surface area contributed by atoms with Crippen LogP contribution in [-0.4, -0.2) is 33.2 Å². The lowest BCUT2D eigenvalue weighted by molar-refractivity contribution is -0.119. The Morgan fingerprint density at radius 1 is 1.35 bits per heavy atom. The van der Waals surface area contributed by atoms with E-state index in [0.717, 1.165) is 0 Å². The van der Waals surface area contributed by atoms with E-state index in [1.165, 1.54) is 18.0 Å². The number of anilines is 1. The molecule has 7 heteroatoms. The summed E-state index contributed by atoms with van der Waals surface area (Å²) in [7, 11) is -1.95. The van der Waals surface area contributed by atoms with E-state index >= 15 is 0 Å². The van der Waals surface area contributed by atoms with Crippen molar-refractivity contribution in [3.05, 3.63) is 24.3 Å². The zero-order valence-electron chi connectivity index (χ0n) is 9.16. The van der Waals surface area contributed by atoms with Crippen LogP contribution in [0.2, 0.25) is 0 Å². The summed E-state index contributed by atoms with van der Waals surface area (Å²) in [6.45, 7) is 0. The van der Waals surface area contributed by atoms with Gasteiger partial charge in [-0.25, -0.2) is 8.42 Å². The molecule has 1 aromatic carbocycles. The van der Waals surface area contributed by atoms with Crippen molar-refractivity contribution in [1.82, 2.24) is 0 Å². The summed E-state index contributed by atoms with van der Waals surface area (Å²) in [5.74, 6) is -0.721. The molecule has 2 rings (SSSR count). The lowest BCUT2D eigenvalue weighted by atomic mass is 10.2. The predicted molar refractivity (Wildman–Crippen MR) is 67.1 cm³/mol. The summed E-state index contributed by atoms with van der Waals surface area (Å²) in [6.07, 6.45) is 0. The number of nitrogens with zero attached hydrogens (tertiary/aromatic N) is 1. The fourth-order valence-electron chi connectivity index (χ4n) is 1.76. The molecule has 1 amide bonds. The van der Waals surface area contributed by atoms with E-state index in [1.807, 2.05) is 0 Å². The summed E-state index contributed by atoms with van der Waals surface area (Å²) >= 11 is 0. The van der Waals surface area contributed by atoms with Crippen molar-refractivity contribution in [2.24, 2.45) is 5.73 Å². The molecule has 94 valence electrons. The van der Waals surface area contributed by atoms with Gasteiger partial charge in [-0.15, -0.1) is 12.4 Å². The molecule has 0 radical (unpaired) electrons. The third-order valence-corrected chi connectivity index (χ3v) is 4.42. The number of sulfone groups is 1. The Hall–Kier alpha value is -1.11. The topological polar surface area (TPSA) is 80.5 Å². The van der Waals surface area contributed by atoms with Crippen molar-refractivity contribution in [1.29, 1.82) is 0 Å². The molecular formula is C10H13ClN2O3S. The van der Waals surface area contributed by atoms with Gasteiger partial charge in [-0.1, -0.05) is 12.1 Å². The van der Waals surface area contributed by atoms with Crippen LogP contribution in [0.4, 0.5) is 5.69 Å². The molecule has 0 saturated heterocycles. The molecule has 0 aromatic heterocycles. The highest BCUT2D eigenvalue weighted by Crippen LogP contribution is 2.28. The average Bonchev–Trinajstić information content (AvgIpc) is 2.31. The zero-order valence-corrected chi connectivity index (χ0v) is 10.8. The molecule has 1 aliphatic heterocycles. The summed E-state index contributed by atoms with van der Waals surface area (Å²) in [5.41, 5.74) is 5.94. The fourth-order valence-corrected chi connectivity index (χ4v) is 3.37. The molecule has 0 bridgehead atoms. The van der Waals surface area contributed by atoms with Crippen molar-refractivity contribution in [2.45, 2.75) is 10.9 Å². The second-order valence-electron chi connectivity index (χ2n) is 3.75. The fraction of sp³-hybridized carbons (Fsp3) is 0.300. The number of hydrogen-bond donors (Lipinski definition) is 1. The van der Waals surface area contributed by atoms with E-state index in [1.54, 1.807) is 18.2 Å². The van der Waals surface area contributed by atoms with Gasteiger partial charge in [0.05, 0.1) is 22.4 Å². The largest absolute Gasteiger partial charge is 0.319 e. The molecule has 0 fully saturated rings. The summed E-state index contributed by atoms with van der Waals surface area (Å²) in [4.78, 5) is 13.2. The maximum absolute atomic E-state index is 11.9. The molecule has 0 spiro atoms. The van der Waals surface area contributed by atoms with E-state index in [2.05, 4.69) is 0 Å². The minimum absolute atomic E-state index is 0. The van der Waals surface area contributed by atoms with Crippen molar-refractivity contribution in [3.63, 3.8) is 0 Å². The Morgan fingerprint density at radius 2 is 1.94 bits per heavy atom. The quantitative estimate of drug-likeness (QED) is 0.733. The SMILES string of the molecule is CN1C(=O)[C@@H](N)CS(=O)(=O)c2ccccc21.Cl. The first-order chi connectivity index (χ1) is 7.43. The average molecular weight is 277 g/mol. The normalized spacial score (nSPS) is 22.4. The Morgan fingerprint density at radius 3 is 2.59 bits per heavy atom. The highest BCUT2D eigenvalue weighted by Gasteiger charge is 2.33. The number of likely N-dealkylation sites (N-methyl/N-ethyl adjacent to an activating group) is 1. The molecule has 0 unspecified atom stereocenters. The molecule has 5 nitrogen and oxygen atoms in total. The van der Waals surface area contributed by atoms with E-state index in [0.29, 0.717) is 5.69 Å². The number of amides is 1. The van der Waals surface area contributed by atoms with Gasteiger partial charge in [0.15, 0.2) is 9.84 Å². The predicted octanol–water partition coefficient (Wildman–Crippen LogP) is 0.186. The van der Waals surface area contributed by atoms with Gasteiger partial charge >= 0.3 is 0 Å². The van der Waals surface area contributed by atoms with Gasteiger partial charge in [0.1, 0.15) is 0 Å². The van der Waals surface area contributed by atoms with Gasteiger partial charge in [0.25, 0.3) is 0 Å². The number of fused-ring (bicyclic) bond motifs is 1. The molecule has 1 heterocycles. The zero-order chi connectivity index (χ0) is 11.9. The van der Waals surface area contributed by atoms with Gasteiger partial charge in [-0.2, -0.15) is 0 Å². The Bertz CT molecular complexity index is 544. The van der Waals surface area contributed by atoms with Crippen molar-refractivity contribution >= 4 is 33.8 Å². The van der Waals surface area contributed by atoms with Gasteiger partial charge in [-0.05, 0) is 12.1 Å². The van der Waals surface area contributed by atoms with Crippen LogP contribution in [0, 0.1) is 0 Å². The molecule has 1 aromatic rings. The summed E-state index contributed by atoms with van der Waals surface area (Å²) in [5, 5.41) is 0. The van der Waals surface area contributed by atoms with Crippen molar-refractivity contribution < 1.29 is 13.2 Å². The van der Waals surface area contributed by atoms with Crippen LogP contribution in [0.3, 0.4) is 0 Å². The van der Waals surface area contributed by atoms with Gasteiger partial charge in [0, 0.05) is 7.05 Å². The second kappa shape index (κ2) is 4.64. The number of nitrogens with two attached hydrogens (primary N) is 1. The molecule has 1 aliphatic rings. The van der Waals surface area contributed by atoms with E-state index in [-0.39, 0.29) is 29.0 Å². The number of rotatable bonds is 0. The molecule has 1 atom stereocenters. The number of para-hydroxylation sites is 1. The molecule has 0 aliphatic carbocycles. The van der Waals surface area contributed by atoms with Crippen molar-refractivity contribution in [2.75, 3.05) is 17.7 Å². The Labute approximate surface area is 106 Å². The number of carbonyl (C=O) groups excluding carboxylic acids is 1. The highest BCUT2D eigenvalue weighted by atomic mass is 35.5. The van der Waals surface area contributed by atoms with Gasteiger partial charge in [0.2, 0.25) is 5.91 Å².